The van der Waals surface area contributed by atoms with Crippen LogP contribution >= 0.6 is 0 Å². The van der Waals surface area contributed by atoms with Crippen LogP contribution in [-0.2, 0) is 14.3 Å². The number of aliphatic carboxylic acids is 1. The SMILES string of the molecule is CC(C)(C)CC(NC(=O)OCC1c2ccccc2-c2ccccc21)C(=O)NC[C@H](O)C(=O)O. The Labute approximate surface area is 193 Å². The number of benzene rings is 2. The number of fused-ring (bicyclic) bond motifs is 3. The Morgan fingerprint density at radius 3 is 2.06 bits per heavy atom. The van der Waals surface area contributed by atoms with E-state index in [0.717, 1.165) is 22.3 Å². The molecule has 0 aromatic heterocycles. The molecule has 4 N–H and O–H groups in total. The summed E-state index contributed by atoms with van der Waals surface area (Å²) in [6, 6.07) is 15.0. The van der Waals surface area contributed by atoms with Crippen molar-refractivity contribution < 1.29 is 29.3 Å². The van der Waals surface area contributed by atoms with E-state index in [-0.39, 0.29) is 17.9 Å². The minimum Gasteiger partial charge on any atom is -0.479 e. The lowest BCUT2D eigenvalue weighted by Crippen LogP contribution is -2.50. The van der Waals surface area contributed by atoms with E-state index in [1.807, 2.05) is 69.3 Å². The molecule has 0 bridgehead atoms. The first-order valence-electron chi connectivity index (χ1n) is 10.9. The van der Waals surface area contributed by atoms with Gasteiger partial charge in [0.1, 0.15) is 12.6 Å². The Hall–Kier alpha value is -3.39. The van der Waals surface area contributed by atoms with Crippen LogP contribution in [0, 0.1) is 5.41 Å². The lowest BCUT2D eigenvalue weighted by molar-refractivity contribution is -0.146. The van der Waals surface area contributed by atoms with Gasteiger partial charge in [-0.3, -0.25) is 4.79 Å². The van der Waals surface area contributed by atoms with Crippen LogP contribution in [0.15, 0.2) is 48.5 Å². The minimum absolute atomic E-state index is 0.108. The Kier molecular flexibility index (Phi) is 7.38. The van der Waals surface area contributed by atoms with Gasteiger partial charge in [0.2, 0.25) is 5.91 Å². The van der Waals surface area contributed by atoms with E-state index in [9.17, 15) is 19.5 Å². The van der Waals surface area contributed by atoms with E-state index in [0.29, 0.717) is 6.42 Å². The second-order valence-electron chi connectivity index (χ2n) is 9.39. The molecule has 33 heavy (non-hydrogen) atoms. The van der Waals surface area contributed by atoms with Crippen molar-refractivity contribution in [3.63, 3.8) is 0 Å². The summed E-state index contributed by atoms with van der Waals surface area (Å²) in [6.07, 6.45) is -2.16. The van der Waals surface area contributed by atoms with Gasteiger partial charge in [0, 0.05) is 5.92 Å². The molecule has 8 heteroatoms. The van der Waals surface area contributed by atoms with Gasteiger partial charge in [-0.1, -0.05) is 69.3 Å². The van der Waals surface area contributed by atoms with E-state index < -0.39 is 36.7 Å². The van der Waals surface area contributed by atoms with Crippen molar-refractivity contribution in [2.75, 3.05) is 13.2 Å². The molecule has 2 aromatic rings. The molecule has 1 aliphatic carbocycles. The standard InChI is InChI=1S/C25H30N2O6/c1-25(2,3)12-20(22(29)26-13-21(28)23(30)31)27-24(32)33-14-19-17-10-6-4-8-15(17)16-9-5-7-11-18(16)19/h4-11,19-21,28H,12-14H2,1-3H3,(H,26,29)(H,27,32)(H,30,31)/t20?,21-/m0/s1. The number of ether oxygens (including phenoxy) is 1. The highest BCUT2D eigenvalue weighted by Gasteiger charge is 2.31. The van der Waals surface area contributed by atoms with Crippen LogP contribution in [-0.4, -0.2) is 53.5 Å². The number of carbonyl (C=O) groups is 3. The molecule has 176 valence electrons. The molecule has 8 nitrogen and oxygen atoms in total. The van der Waals surface area contributed by atoms with Gasteiger partial charge in [-0.15, -0.1) is 0 Å². The van der Waals surface area contributed by atoms with Crippen LogP contribution in [0.1, 0.15) is 44.2 Å². The zero-order chi connectivity index (χ0) is 24.2. The quantitative estimate of drug-likeness (QED) is 0.486. The van der Waals surface area contributed by atoms with Gasteiger partial charge in [-0.25, -0.2) is 9.59 Å². The molecular formula is C25H30N2O6. The van der Waals surface area contributed by atoms with Crippen molar-refractivity contribution in [3.05, 3.63) is 59.7 Å². The second-order valence-corrected chi connectivity index (χ2v) is 9.39. The van der Waals surface area contributed by atoms with Gasteiger partial charge < -0.3 is 25.6 Å². The molecule has 2 atom stereocenters. The van der Waals surface area contributed by atoms with Gasteiger partial charge >= 0.3 is 12.1 Å². The summed E-state index contributed by atoms with van der Waals surface area (Å²) in [6.45, 7) is 5.40. The second kappa shape index (κ2) is 10.0. The molecule has 2 aromatic carbocycles. The number of rotatable bonds is 8. The highest BCUT2D eigenvalue weighted by molar-refractivity contribution is 5.86. The number of hydrogen-bond donors (Lipinski definition) is 4. The van der Waals surface area contributed by atoms with Gasteiger partial charge in [0.15, 0.2) is 6.10 Å². The predicted molar refractivity (Wildman–Crippen MR) is 123 cm³/mol. The fraction of sp³-hybridized carbons (Fsp3) is 0.400. The van der Waals surface area contributed by atoms with Crippen molar-refractivity contribution in [3.8, 4) is 11.1 Å². The maximum atomic E-state index is 12.6. The van der Waals surface area contributed by atoms with Crippen LogP contribution in [0.2, 0.25) is 0 Å². The van der Waals surface area contributed by atoms with Gasteiger partial charge in [-0.05, 0) is 34.1 Å². The number of carboxylic acids is 1. The summed E-state index contributed by atoms with van der Waals surface area (Å²) in [5.74, 6) is -2.13. The van der Waals surface area contributed by atoms with E-state index in [2.05, 4.69) is 10.6 Å². The fourth-order valence-corrected chi connectivity index (χ4v) is 4.01. The van der Waals surface area contributed by atoms with Gasteiger partial charge in [-0.2, -0.15) is 0 Å². The molecule has 1 aliphatic rings. The van der Waals surface area contributed by atoms with Crippen molar-refractivity contribution in [1.82, 2.24) is 10.6 Å². The topological polar surface area (TPSA) is 125 Å². The highest BCUT2D eigenvalue weighted by Crippen LogP contribution is 2.44. The first kappa shape index (κ1) is 24.3. The number of carboxylic acid groups (broad SMARTS) is 1. The zero-order valence-electron chi connectivity index (χ0n) is 19.0. The summed E-state index contributed by atoms with van der Waals surface area (Å²) in [4.78, 5) is 36.0. The van der Waals surface area contributed by atoms with E-state index in [1.165, 1.54) is 0 Å². The molecule has 2 amide bonds. The van der Waals surface area contributed by atoms with Crippen LogP contribution in [0.5, 0.6) is 0 Å². The number of hydrogen-bond acceptors (Lipinski definition) is 5. The van der Waals surface area contributed by atoms with E-state index in [4.69, 9.17) is 9.84 Å². The third kappa shape index (κ3) is 6.10. The summed E-state index contributed by atoms with van der Waals surface area (Å²) < 4.78 is 5.53. The fourth-order valence-electron chi connectivity index (χ4n) is 4.01. The zero-order valence-corrected chi connectivity index (χ0v) is 19.0. The number of nitrogens with one attached hydrogen (secondary N) is 2. The maximum Gasteiger partial charge on any atom is 0.407 e. The minimum atomic E-state index is -1.72. The Morgan fingerprint density at radius 1 is 1.00 bits per heavy atom. The van der Waals surface area contributed by atoms with Crippen LogP contribution in [0.3, 0.4) is 0 Å². The molecule has 0 aliphatic heterocycles. The Balaban J connectivity index is 1.66. The molecule has 0 heterocycles. The average molecular weight is 455 g/mol. The van der Waals surface area contributed by atoms with Crippen molar-refractivity contribution >= 4 is 18.0 Å². The molecule has 0 radical (unpaired) electrons. The smallest absolute Gasteiger partial charge is 0.407 e. The Bertz CT molecular complexity index is 984. The Morgan fingerprint density at radius 2 is 1.55 bits per heavy atom. The summed E-state index contributed by atoms with van der Waals surface area (Å²) in [7, 11) is 0. The normalized spacial score (nSPS) is 14.5. The van der Waals surface area contributed by atoms with Crippen molar-refractivity contribution in [1.29, 1.82) is 0 Å². The largest absolute Gasteiger partial charge is 0.479 e. The maximum absolute atomic E-state index is 12.6. The molecule has 0 spiro atoms. The summed E-state index contributed by atoms with van der Waals surface area (Å²) in [5.41, 5.74) is 4.09. The number of alkyl carbamates (subject to hydrolysis) is 1. The lowest BCUT2D eigenvalue weighted by Gasteiger charge is -2.26. The van der Waals surface area contributed by atoms with Crippen LogP contribution in [0.4, 0.5) is 4.79 Å². The number of aliphatic hydroxyl groups excluding tert-OH is 1. The summed E-state index contributed by atoms with van der Waals surface area (Å²) >= 11 is 0. The molecule has 1 unspecified atom stereocenters. The van der Waals surface area contributed by atoms with Crippen molar-refractivity contribution in [2.24, 2.45) is 5.41 Å². The van der Waals surface area contributed by atoms with Crippen LogP contribution < -0.4 is 10.6 Å². The van der Waals surface area contributed by atoms with Gasteiger partial charge in [0.25, 0.3) is 0 Å². The molecule has 3 rings (SSSR count). The number of carbonyl (C=O) groups excluding carboxylic acids is 2. The van der Waals surface area contributed by atoms with E-state index >= 15 is 0 Å². The highest BCUT2D eigenvalue weighted by atomic mass is 16.5. The van der Waals surface area contributed by atoms with E-state index in [1.54, 1.807) is 0 Å². The third-order valence-electron chi connectivity index (χ3n) is 5.52. The molecule has 0 fully saturated rings. The molecule has 0 saturated carbocycles. The molecular weight excluding hydrogens is 424 g/mol. The lowest BCUT2D eigenvalue weighted by atomic mass is 9.88. The predicted octanol–water partition coefficient (Wildman–Crippen LogP) is 2.89. The summed E-state index contributed by atoms with van der Waals surface area (Å²) in [5, 5.41) is 23.2. The number of aliphatic hydroxyl groups is 1. The number of amides is 2. The molecule has 0 saturated heterocycles. The monoisotopic (exact) mass is 454 g/mol. The average Bonchev–Trinajstić information content (AvgIpc) is 3.08. The van der Waals surface area contributed by atoms with Gasteiger partial charge in [0.05, 0.1) is 6.54 Å². The van der Waals surface area contributed by atoms with Crippen LogP contribution in [0.25, 0.3) is 11.1 Å². The first-order chi connectivity index (χ1) is 15.6. The van der Waals surface area contributed by atoms with Crippen molar-refractivity contribution in [2.45, 2.75) is 45.3 Å². The third-order valence-corrected chi connectivity index (χ3v) is 5.52. The first-order valence-corrected chi connectivity index (χ1v) is 10.9.